The van der Waals surface area contributed by atoms with E-state index in [0.717, 1.165) is 24.4 Å². The van der Waals surface area contributed by atoms with Gasteiger partial charge in [-0.15, -0.1) is 0 Å². The second-order valence-electron chi connectivity index (χ2n) is 6.78. The van der Waals surface area contributed by atoms with E-state index in [4.69, 9.17) is 0 Å². The maximum absolute atomic E-state index is 11.7. The van der Waals surface area contributed by atoms with E-state index >= 15 is 0 Å². The van der Waals surface area contributed by atoms with Gasteiger partial charge in [0.15, 0.2) is 0 Å². The third-order valence-corrected chi connectivity index (χ3v) is 4.70. The number of aliphatic hydroxyl groups is 1. The fourth-order valence-corrected chi connectivity index (χ4v) is 3.02. The van der Waals surface area contributed by atoms with E-state index in [0.29, 0.717) is 19.5 Å². The SMILES string of the molecule is CC1CCN(CCCNC(=O)NCCC(O)c2ccccc2)CC1. The van der Waals surface area contributed by atoms with E-state index in [1.54, 1.807) is 0 Å². The van der Waals surface area contributed by atoms with E-state index in [9.17, 15) is 9.90 Å². The summed E-state index contributed by atoms with van der Waals surface area (Å²) in [6, 6.07) is 9.37. The molecule has 0 saturated carbocycles. The first-order chi connectivity index (χ1) is 11.6. The van der Waals surface area contributed by atoms with Crippen molar-refractivity contribution in [2.24, 2.45) is 5.92 Å². The van der Waals surface area contributed by atoms with Crippen LogP contribution in [0.15, 0.2) is 30.3 Å². The van der Waals surface area contributed by atoms with Crippen molar-refractivity contribution in [2.45, 2.75) is 38.7 Å². The Bertz CT molecular complexity index is 473. The number of benzene rings is 1. The largest absolute Gasteiger partial charge is 0.388 e. The van der Waals surface area contributed by atoms with Gasteiger partial charge in [0.1, 0.15) is 0 Å². The molecule has 1 aliphatic heterocycles. The molecule has 0 spiro atoms. The Morgan fingerprint density at radius 1 is 1.21 bits per heavy atom. The lowest BCUT2D eigenvalue weighted by molar-refractivity contribution is 0.166. The molecule has 5 heteroatoms. The predicted molar refractivity (Wildman–Crippen MR) is 96.9 cm³/mol. The number of hydrogen-bond acceptors (Lipinski definition) is 3. The van der Waals surface area contributed by atoms with Crippen LogP contribution in [0.5, 0.6) is 0 Å². The highest BCUT2D eigenvalue weighted by molar-refractivity contribution is 5.73. The first-order valence-electron chi connectivity index (χ1n) is 9.12. The van der Waals surface area contributed by atoms with Crippen molar-refractivity contribution in [3.05, 3.63) is 35.9 Å². The molecule has 0 aromatic heterocycles. The van der Waals surface area contributed by atoms with Crippen LogP contribution in [-0.4, -0.2) is 48.8 Å². The quantitative estimate of drug-likeness (QED) is 0.641. The van der Waals surface area contributed by atoms with Gasteiger partial charge in [-0.05, 0) is 56.8 Å². The minimum atomic E-state index is -0.534. The maximum atomic E-state index is 11.7. The number of rotatable bonds is 8. The van der Waals surface area contributed by atoms with Gasteiger partial charge in [-0.1, -0.05) is 37.3 Å². The van der Waals surface area contributed by atoms with Crippen LogP contribution in [0.3, 0.4) is 0 Å². The molecule has 24 heavy (non-hydrogen) atoms. The molecule has 1 fully saturated rings. The van der Waals surface area contributed by atoms with E-state index in [2.05, 4.69) is 22.5 Å². The molecule has 1 heterocycles. The summed E-state index contributed by atoms with van der Waals surface area (Å²) in [7, 11) is 0. The molecular weight excluding hydrogens is 302 g/mol. The predicted octanol–water partition coefficient (Wildman–Crippen LogP) is 2.53. The molecule has 3 N–H and O–H groups in total. The van der Waals surface area contributed by atoms with E-state index in [-0.39, 0.29) is 6.03 Å². The minimum absolute atomic E-state index is 0.150. The molecule has 0 bridgehead atoms. The van der Waals surface area contributed by atoms with Crippen molar-refractivity contribution in [3.8, 4) is 0 Å². The first kappa shape index (κ1) is 18.7. The second-order valence-corrected chi connectivity index (χ2v) is 6.78. The Morgan fingerprint density at radius 3 is 2.58 bits per heavy atom. The van der Waals surface area contributed by atoms with Gasteiger partial charge < -0.3 is 20.6 Å². The number of nitrogens with zero attached hydrogens (tertiary/aromatic N) is 1. The Balaban J connectivity index is 1.49. The Hall–Kier alpha value is -1.59. The Kier molecular flexibility index (Phi) is 8.05. The molecule has 1 unspecified atom stereocenters. The van der Waals surface area contributed by atoms with Crippen LogP contribution in [-0.2, 0) is 0 Å². The topological polar surface area (TPSA) is 64.6 Å². The fraction of sp³-hybridized carbons (Fsp3) is 0.632. The minimum Gasteiger partial charge on any atom is -0.388 e. The van der Waals surface area contributed by atoms with Crippen LogP contribution >= 0.6 is 0 Å². The summed E-state index contributed by atoms with van der Waals surface area (Å²) in [6.45, 7) is 6.90. The van der Waals surface area contributed by atoms with Crippen molar-refractivity contribution in [2.75, 3.05) is 32.7 Å². The zero-order valence-corrected chi connectivity index (χ0v) is 14.7. The van der Waals surface area contributed by atoms with E-state index < -0.39 is 6.10 Å². The van der Waals surface area contributed by atoms with Gasteiger partial charge in [0.2, 0.25) is 0 Å². The third kappa shape index (κ3) is 6.89. The molecule has 1 aromatic rings. The molecule has 1 aliphatic rings. The van der Waals surface area contributed by atoms with Crippen LogP contribution in [0.2, 0.25) is 0 Å². The monoisotopic (exact) mass is 333 g/mol. The molecular formula is C19H31N3O2. The van der Waals surface area contributed by atoms with Crippen molar-refractivity contribution in [1.82, 2.24) is 15.5 Å². The van der Waals surface area contributed by atoms with E-state index in [1.807, 2.05) is 30.3 Å². The Morgan fingerprint density at radius 2 is 1.88 bits per heavy atom. The zero-order chi connectivity index (χ0) is 17.2. The van der Waals surface area contributed by atoms with Gasteiger partial charge in [0.25, 0.3) is 0 Å². The molecule has 134 valence electrons. The van der Waals surface area contributed by atoms with Gasteiger partial charge in [-0.2, -0.15) is 0 Å². The summed E-state index contributed by atoms with van der Waals surface area (Å²) >= 11 is 0. The fourth-order valence-electron chi connectivity index (χ4n) is 3.02. The van der Waals surface area contributed by atoms with Gasteiger partial charge >= 0.3 is 6.03 Å². The lowest BCUT2D eigenvalue weighted by atomic mass is 9.99. The normalized spacial score (nSPS) is 17.4. The summed E-state index contributed by atoms with van der Waals surface area (Å²) in [4.78, 5) is 14.2. The molecule has 0 radical (unpaired) electrons. The number of hydrogen-bond donors (Lipinski definition) is 3. The lowest BCUT2D eigenvalue weighted by Gasteiger charge is -2.30. The smallest absolute Gasteiger partial charge is 0.314 e. The highest BCUT2D eigenvalue weighted by atomic mass is 16.3. The number of amides is 2. The summed E-state index contributed by atoms with van der Waals surface area (Å²) < 4.78 is 0. The highest BCUT2D eigenvalue weighted by Crippen LogP contribution is 2.16. The first-order valence-corrected chi connectivity index (χ1v) is 9.12. The van der Waals surface area contributed by atoms with Crippen molar-refractivity contribution in [1.29, 1.82) is 0 Å². The Labute approximate surface area is 145 Å². The molecule has 1 saturated heterocycles. The van der Waals surface area contributed by atoms with Crippen LogP contribution < -0.4 is 10.6 Å². The molecule has 1 atom stereocenters. The maximum Gasteiger partial charge on any atom is 0.314 e. The van der Waals surface area contributed by atoms with E-state index in [1.165, 1.54) is 25.9 Å². The standard InChI is InChI=1S/C19H31N3O2/c1-16-9-14-22(15-10-16)13-5-11-20-19(24)21-12-8-18(23)17-6-3-2-4-7-17/h2-4,6-7,16,18,23H,5,8-15H2,1H3,(H2,20,21,24). The second kappa shape index (κ2) is 10.3. The third-order valence-electron chi connectivity index (χ3n) is 4.70. The van der Waals surface area contributed by atoms with Crippen molar-refractivity contribution >= 4 is 6.03 Å². The number of aliphatic hydroxyl groups excluding tert-OH is 1. The number of nitrogens with one attached hydrogen (secondary N) is 2. The number of carbonyl (C=O) groups is 1. The van der Waals surface area contributed by atoms with Crippen molar-refractivity contribution < 1.29 is 9.90 Å². The summed E-state index contributed by atoms with van der Waals surface area (Å²) in [5, 5.41) is 15.7. The molecule has 2 rings (SSSR count). The average molecular weight is 333 g/mol. The summed E-state index contributed by atoms with van der Waals surface area (Å²) in [5.41, 5.74) is 0.885. The van der Waals surface area contributed by atoms with Crippen LogP contribution in [0, 0.1) is 5.92 Å². The lowest BCUT2D eigenvalue weighted by Crippen LogP contribution is -2.39. The van der Waals surface area contributed by atoms with Crippen LogP contribution in [0.1, 0.15) is 44.3 Å². The van der Waals surface area contributed by atoms with Gasteiger partial charge in [-0.25, -0.2) is 4.79 Å². The molecule has 5 nitrogen and oxygen atoms in total. The number of urea groups is 1. The number of piperidine rings is 1. The molecule has 2 amide bonds. The van der Waals surface area contributed by atoms with Crippen LogP contribution in [0.25, 0.3) is 0 Å². The van der Waals surface area contributed by atoms with Gasteiger partial charge in [-0.3, -0.25) is 0 Å². The van der Waals surface area contributed by atoms with Crippen LogP contribution in [0.4, 0.5) is 4.79 Å². The molecule has 1 aromatic carbocycles. The van der Waals surface area contributed by atoms with Gasteiger partial charge in [0, 0.05) is 13.1 Å². The number of carbonyl (C=O) groups excluding carboxylic acids is 1. The summed E-state index contributed by atoms with van der Waals surface area (Å²) in [6.07, 6.45) is 3.54. The highest BCUT2D eigenvalue weighted by Gasteiger charge is 2.14. The van der Waals surface area contributed by atoms with Crippen molar-refractivity contribution in [3.63, 3.8) is 0 Å². The average Bonchev–Trinajstić information content (AvgIpc) is 2.61. The van der Waals surface area contributed by atoms with Gasteiger partial charge in [0.05, 0.1) is 6.10 Å². The zero-order valence-electron chi connectivity index (χ0n) is 14.7. The number of likely N-dealkylation sites (tertiary alicyclic amines) is 1. The summed E-state index contributed by atoms with van der Waals surface area (Å²) in [5.74, 6) is 0.858. The molecule has 0 aliphatic carbocycles.